The molecular weight excluding hydrogens is 264 g/mol. The van der Waals surface area contributed by atoms with Crippen LogP contribution in [-0.2, 0) is 0 Å². The van der Waals surface area contributed by atoms with Gasteiger partial charge in [0, 0.05) is 23.5 Å². The molecule has 0 amide bonds. The van der Waals surface area contributed by atoms with Crippen LogP contribution in [0, 0.1) is 0 Å². The molecule has 0 bridgehead atoms. The summed E-state index contributed by atoms with van der Waals surface area (Å²) in [7, 11) is 0. The zero-order chi connectivity index (χ0) is 14.5. The first-order valence-corrected chi connectivity index (χ1v) is 6.44. The number of hydrogen-bond donors (Lipinski definition) is 0. The molecule has 4 heteroatoms. The van der Waals surface area contributed by atoms with Crippen molar-refractivity contribution in [2.75, 3.05) is 0 Å². The van der Waals surface area contributed by atoms with E-state index in [9.17, 15) is 4.79 Å². The first-order chi connectivity index (χ1) is 10.4. The minimum absolute atomic E-state index is 0.598. The lowest BCUT2D eigenvalue weighted by Gasteiger charge is -2.08. The van der Waals surface area contributed by atoms with Crippen molar-refractivity contribution in [1.82, 2.24) is 9.97 Å². The van der Waals surface area contributed by atoms with Crippen LogP contribution in [0.15, 0.2) is 67.3 Å². The van der Waals surface area contributed by atoms with Crippen molar-refractivity contribution in [3.63, 3.8) is 0 Å². The topological polar surface area (TPSA) is 52.1 Å². The number of hydrogen-bond acceptors (Lipinski definition) is 4. The Balaban J connectivity index is 1.95. The summed E-state index contributed by atoms with van der Waals surface area (Å²) in [6, 6.07) is 12.8. The first kappa shape index (κ1) is 13.0. The monoisotopic (exact) mass is 276 g/mol. The van der Waals surface area contributed by atoms with Gasteiger partial charge in [-0.3, -0.25) is 14.8 Å². The molecule has 0 aliphatic rings. The maximum atomic E-state index is 11.1. The Morgan fingerprint density at radius 3 is 2.57 bits per heavy atom. The molecule has 3 aromatic rings. The van der Waals surface area contributed by atoms with E-state index in [0.29, 0.717) is 17.1 Å². The van der Waals surface area contributed by atoms with Crippen molar-refractivity contribution >= 4 is 6.29 Å². The molecule has 0 unspecified atom stereocenters. The van der Waals surface area contributed by atoms with Gasteiger partial charge in [-0.1, -0.05) is 24.3 Å². The number of benzene rings is 1. The van der Waals surface area contributed by atoms with E-state index in [1.807, 2.05) is 30.3 Å². The Morgan fingerprint density at radius 2 is 1.76 bits per heavy atom. The van der Waals surface area contributed by atoms with Gasteiger partial charge in [0.1, 0.15) is 11.5 Å². The molecule has 2 heterocycles. The van der Waals surface area contributed by atoms with E-state index >= 15 is 0 Å². The lowest BCUT2D eigenvalue weighted by Crippen LogP contribution is -1.90. The number of pyridine rings is 2. The van der Waals surface area contributed by atoms with Gasteiger partial charge in [-0.15, -0.1) is 0 Å². The predicted molar refractivity (Wildman–Crippen MR) is 79.4 cm³/mol. The van der Waals surface area contributed by atoms with Crippen LogP contribution >= 0.6 is 0 Å². The molecule has 1 aromatic carbocycles. The van der Waals surface area contributed by atoms with E-state index in [1.54, 1.807) is 36.9 Å². The maximum Gasteiger partial charge on any atom is 0.150 e. The summed E-state index contributed by atoms with van der Waals surface area (Å²) in [6.07, 6.45) is 7.48. The van der Waals surface area contributed by atoms with Crippen LogP contribution in [0.5, 0.6) is 11.5 Å². The number of aromatic nitrogens is 2. The third kappa shape index (κ3) is 2.95. The Hall–Kier alpha value is -3.01. The highest BCUT2D eigenvalue weighted by molar-refractivity contribution is 5.87. The van der Waals surface area contributed by atoms with E-state index < -0.39 is 0 Å². The van der Waals surface area contributed by atoms with Crippen molar-refractivity contribution < 1.29 is 9.53 Å². The average Bonchev–Trinajstić information content (AvgIpc) is 2.56. The second kappa shape index (κ2) is 5.96. The van der Waals surface area contributed by atoms with Crippen molar-refractivity contribution in [1.29, 1.82) is 0 Å². The molecule has 4 nitrogen and oxygen atoms in total. The van der Waals surface area contributed by atoms with Crippen LogP contribution in [0.25, 0.3) is 11.1 Å². The molecule has 3 rings (SSSR count). The van der Waals surface area contributed by atoms with Crippen LogP contribution in [0.3, 0.4) is 0 Å². The molecule has 102 valence electrons. The molecule has 0 saturated carbocycles. The van der Waals surface area contributed by atoms with E-state index in [4.69, 9.17) is 4.74 Å². The highest BCUT2D eigenvalue weighted by Gasteiger charge is 2.06. The first-order valence-electron chi connectivity index (χ1n) is 6.44. The van der Waals surface area contributed by atoms with Gasteiger partial charge in [-0.2, -0.15) is 0 Å². The molecule has 0 saturated heterocycles. The molecule has 0 aliphatic carbocycles. The molecule has 0 atom stereocenters. The fourth-order valence-corrected chi connectivity index (χ4v) is 2.03. The second-order valence-corrected chi connectivity index (χ2v) is 4.41. The van der Waals surface area contributed by atoms with Gasteiger partial charge in [0.15, 0.2) is 6.29 Å². The predicted octanol–water partition coefficient (Wildman–Crippen LogP) is 3.75. The van der Waals surface area contributed by atoms with E-state index in [1.165, 1.54) is 0 Å². The smallest absolute Gasteiger partial charge is 0.150 e. The Morgan fingerprint density at radius 1 is 0.905 bits per heavy atom. The highest BCUT2D eigenvalue weighted by Crippen LogP contribution is 2.27. The number of ether oxygens (including phenoxy) is 1. The molecule has 0 fully saturated rings. The summed E-state index contributed by atoms with van der Waals surface area (Å²) in [5.41, 5.74) is 2.29. The number of carbonyl (C=O) groups excluding carboxylic acids is 1. The van der Waals surface area contributed by atoms with Gasteiger partial charge in [0.2, 0.25) is 0 Å². The van der Waals surface area contributed by atoms with Crippen LogP contribution < -0.4 is 4.74 Å². The average molecular weight is 276 g/mol. The van der Waals surface area contributed by atoms with Gasteiger partial charge in [-0.05, 0) is 23.8 Å². The molecule has 0 N–H and O–H groups in total. The second-order valence-electron chi connectivity index (χ2n) is 4.41. The van der Waals surface area contributed by atoms with Crippen molar-refractivity contribution in [2.45, 2.75) is 0 Å². The zero-order valence-corrected chi connectivity index (χ0v) is 11.1. The Labute approximate surface area is 122 Å². The maximum absolute atomic E-state index is 11.1. The number of rotatable bonds is 4. The molecule has 0 radical (unpaired) electrons. The molecular formula is C17H12N2O2. The summed E-state index contributed by atoms with van der Waals surface area (Å²) in [5, 5.41) is 0. The van der Waals surface area contributed by atoms with Crippen LogP contribution in [-0.4, -0.2) is 16.3 Å². The van der Waals surface area contributed by atoms with Gasteiger partial charge >= 0.3 is 0 Å². The van der Waals surface area contributed by atoms with Gasteiger partial charge in [-0.25, -0.2) is 0 Å². The van der Waals surface area contributed by atoms with Gasteiger partial charge < -0.3 is 4.74 Å². The van der Waals surface area contributed by atoms with Gasteiger partial charge in [0.25, 0.3) is 0 Å². The molecule has 21 heavy (non-hydrogen) atoms. The standard InChI is InChI=1S/C17H12N2O2/c20-12-13-4-1-2-6-17(13)14-8-16(11-19-9-14)21-15-5-3-7-18-10-15/h1-12H. The minimum atomic E-state index is 0.598. The Bertz CT molecular complexity index is 758. The molecule has 0 aliphatic heterocycles. The van der Waals surface area contributed by atoms with Crippen molar-refractivity contribution in [3.05, 3.63) is 72.8 Å². The minimum Gasteiger partial charge on any atom is -0.454 e. The SMILES string of the molecule is O=Cc1ccccc1-c1cncc(Oc2cccnc2)c1. The number of carbonyl (C=O) groups is 1. The van der Waals surface area contributed by atoms with Crippen LogP contribution in [0.1, 0.15) is 10.4 Å². The summed E-state index contributed by atoms with van der Waals surface area (Å²) in [6.45, 7) is 0. The summed E-state index contributed by atoms with van der Waals surface area (Å²) in [4.78, 5) is 19.3. The third-order valence-corrected chi connectivity index (χ3v) is 2.98. The van der Waals surface area contributed by atoms with E-state index in [2.05, 4.69) is 9.97 Å². The summed E-state index contributed by atoms with van der Waals surface area (Å²) < 4.78 is 5.70. The van der Waals surface area contributed by atoms with E-state index in [-0.39, 0.29) is 0 Å². The zero-order valence-electron chi connectivity index (χ0n) is 11.1. The fraction of sp³-hybridized carbons (Fsp3) is 0. The largest absolute Gasteiger partial charge is 0.454 e. The lowest BCUT2D eigenvalue weighted by molar-refractivity contribution is 0.112. The third-order valence-electron chi connectivity index (χ3n) is 2.98. The quantitative estimate of drug-likeness (QED) is 0.681. The highest BCUT2D eigenvalue weighted by atomic mass is 16.5. The van der Waals surface area contributed by atoms with E-state index in [0.717, 1.165) is 17.4 Å². The van der Waals surface area contributed by atoms with Crippen molar-refractivity contribution in [3.8, 4) is 22.6 Å². The summed E-state index contributed by atoms with van der Waals surface area (Å²) in [5.74, 6) is 1.24. The number of aldehydes is 1. The van der Waals surface area contributed by atoms with Crippen LogP contribution in [0.4, 0.5) is 0 Å². The normalized spacial score (nSPS) is 10.1. The van der Waals surface area contributed by atoms with Gasteiger partial charge in [0.05, 0.1) is 12.4 Å². The fourth-order valence-electron chi connectivity index (χ4n) is 2.03. The number of nitrogens with zero attached hydrogens (tertiary/aromatic N) is 2. The lowest BCUT2D eigenvalue weighted by atomic mass is 10.0. The summed E-state index contributed by atoms with van der Waals surface area (Å²) >= 11 is 0. The van der Waals surface area contributed by atoms with Crippen LogP contribution in [0.2, 0.25) is 0 Å². The molecule has 2 aromatic heterocycles. The van der Waals surface area contributed by atoms with Crippen molar-refractivity contribution in [2.24, 2.45) is 0 Å². The Kier molecular flexibility index (Phi) is 3.69. The molecule has 0 spiro atoms.